The van der Waals surface area contributed by atoms with E-state index in [0.717, 1.165) is 12.0 Å². The number of carbonyl (C=O) groups is 2. The molecule has 0 aliphatic carbocycles. The highest BCUT2D eigenvalue weighted by molar-refractivity contribution is 6.31. The Morgan fingerprint density at radius 3 is 2.86 bits per heavy atom. The van der Waals surface area contributed by atoms with Crippen LogP contribution in [0.3, 0.4) is 0 Å². The summed E-state index contributed by atoms with van der Waals surface area (Å²) in [5.41, 5.74) is 0.851. The van der Waals surface area contributed by atoms with Gasteiger partial charge in [0.1, 0.15) is 6.04 Å². The molecule has 0 spiro atoms. The second-order valence-corrected chi connectivity index (χ2v) is 5.68. The third kappa shape index (κ3) is 3.95. The molecule has 0 bridgehead atoms. The maximum Gasteiger partial charge on any atom is 0.320 e. The van der Waals surface area contributed by atoms with Gasteiger partial charge in [-0.2, -0.15) is 0 Å². The van der Waals surface area contributed by atoms with E-state index in [-0.39, 0.29) is 18.5 Å². The predicted octanol–water partition coefficient (Wildman–Crippen LogP) is 2.07. The molecule has 1 fully saturated rings. The second kappa shape index (κ2) is 6.91. The molecule has 21 heavy (non-hydrogen) atoms. The van der Waals surface area contributed by atoms with Crippen LogP contribution >= 0.6 is 11.6 Å². The van der Waals surface area contributed by atoms with Gasteiger partial charge in [-0.25, -0.2) is 0 Å². The summed E-state index contributed by atoms with van der Waals surface area (Å²) in [7, 11) is 0. The van der Waals surface area contributed by atoms with Gasteiger partial charge in [0, 0.05) is 5.02 Å². The van der Waals surface area contributed by atoms with Crippen LogP contribution in [0.2, 0.25) is 5.02 Å². The predicted molar refractivity (Wildman–Crippen MR) is 80.2 cm³/mol. The van der Waals surface area contributed by atoms with Gasteiger partial charge in [0.25, 0.3) is 0 Å². The summed E-state index contributed by atoms with van der Waals surface area (Å²) >= 11 is 6.10. The molecular formula is C15H19ClN2O3. The molecule has 5 nitrogen and oxygen atoms in total. The monoisotopic (exact) mass is 310 g/mol. The number of nitrogens with one attached hydrogen (secondary N) is 1. The smallest absolute Gasteiger partial charge is 0.320 e. The fourth-order valence-corrected chi connectivity index (χ4v) is 2.97. The number of hydrogen-bond donors (Lipinski definition) is 2. The van der Waals surface area contributed by atoms with Crippen LogP contribution in [0.1, 0.15) is 31.4 Å². The van der Waals surface area contributed by atoms with E-state index in [9.17, 15) is 9.59 Å². The summed E-state index contributed by atoms with van der Waals surface area (Å²) < 4.78 is 0. The molecule has 1 aromatic rings. The Labute approximate surface area is 128 Å². The minimum Gasteiger partial charge on any atom is -0.480 e. The number of nitrogens with zero attached hydrogens (tertiary/aromatic N) is 1. The minimum absolute atomic E-state index is 0.103. The molecule has 0 saturated carbocycles. The van der Waals surface area contributed by atoms with E-state index in [2.05, 4.69) is 5.32 Å². The maximum absolute atomic E-state index is 12.1. The summed E-state index contributed by atoms with van der Waals surface area (Å²) in [6.07, 6.45) is 1.41. The number of benzene rings is 1. The third-order valence-corrected chi connectivity index (χ3v) is 4.09. The number of likely N-dealkylation sites (tertiary alicyclic amines) is 1. The standard InChI is InChI=1S/C15H19ClN2O3/c1-10(11-5-2-3-6-12(11)16)17-14(19)9-18-8-4-7-13(18)15(20)21/h2-3,5-6,10,13H,4,7-9H2,1H3,(H,17,19)(H,20,21). The average molecular weight is 311 g/mol. The summed E-state index contributed by atoms with van der Waals surface area (Å²) in [5.74, 6) is -1.05. The van der Waals surface area contributed by atoms with E-state index in [4.69, 9.17) is 16.7 Å². The largest absolute Gasteiger partial charge is 0.480 e. The van der Waals surface area contributed by atoms with Gasteiger partial charge < -0.3 is 10.4 Å². The molecule has 2 rings (SSSR count). The van der Waals surface area contributed by atoms with Crippen molar-refractivity contribution in [2.24, 2.45) is 0 Å². The zero-order valence-electron chi connectivity index (χ0n) is 11.9. The minimum atomic E-state index is -0.862. The summed E-state index contributed by atoms with van der Waals surface area (Å²) in [4.78, 5) is 24.9. The van der Waals surface area contributed by atoms with E-state index in [1.54, 1.807) is 11.0 Å². The van der Waals surface area contributed by atoms with E-state index in [1.807, 2.05) is 25.1 Å². The Bertz CT molecular complexity index is 535. The second-order valence-electron chi connectivity index (χ2n) is 5.28. The van der Waals surface area contributed by atoms with Crippen LogP contribution in [0.4, 0.5) is 0 Å². The first-order valence-corrected chi connectivity index (χ1v) is 7.37. The summed E-state index contributed by atoms with van der Waals surface area (Å²) in [6.45, 7) is 2.61. The van der Waals surface area contributed by atoms with Gasteiger partial charge in [-0.3, -0.25) is 14.5 Å². The van der Waals surface area contributed by atoms with Crippen molar-refractivity contribution in [1.82, 2.24) is 10.2 Å². The Morgan fingerprint density at radius 1 is 1.48 bits per heavy atom. The number of amides is 1. The van der Waals surface area contributed by atoms with Crippen molar-refractivity contribution in [1.29, 1.82) is 0 Å². The van der Waals surface area contributed by atoms with Crippen LogP contribution in [0, 0.1) is 0 Å². The molecule has 2 N–H and O–H groups in total. The molecule has 0 aromatic heterocycles. The quantitative estimate of drug-likeness (QED) is 0.873. The van der Waals surface area contributed by atoms with Crippen LogP contribution in [-0.4, -0.2) is 41.0 Å². The fourth-order valence-electron chi connectivity index (χ4n) is 2.67. The molecule has 1 amide bonds. The Kier molecular flexibility index (Phi) is 5.20. The third-order valence-electron chi connectivity index (χ3n) is 3.74. The maximum atomic E-state index is 12.1. The van der Waals surface area contributed by atoms with Gasteiger partial charge in [0.15, 0.2) is 0 Å². The molecule has 0 radical (unpaired) electrons. The topological polar surface area (TPSA) is 69.6 Å². The molecule has 114 valence electrons. The van der Waals surface area contributed by atoms with Gasteiger partial charge in [-0.1, -0.05) is 29.8 Å². The fraction of sp³-hybridized carbons (Fsp3) is 0.467. The summed E-state index contributed by atoms with van der Waals surface area (Å²) in [5, 5.41) is 12.6. The average Bonchev–Trinajstić information content (AvgIpc) is 2.87. The first-order valence-electron chi connectivity index (χ1n) is 6.99. The molecule has 2 unspecified atom stereocenters. The molecule has 2 atom stereocenters. The zero-order chi connectivity index (χ0) is 15.4. The van der Waals surface area contributed by atoms with Gasteiger partial charge in [-0.05, 0) is 37.9 Å². The Hall–Kier alpha value is -1.59. The van der Waals surface area contributed by atoms with Gasteiger partial charge in [0.05, 0.1) is 12.6 Å². The number of hydrogen-bond acceptors (Lipinski definition) is 3. The Balaban J connectivity index is 1.93. The normalized spacial score (nSPS) is 20.2. The lowest BCUT2D eigenvalue weighted by Crippen LogP contribution is -2.43. The van der Waals surface area contributed by atoms with Crippen molar-refractivity contribution in [3.8, 4) is 0 Å². The molecule has 6 heteroatoms. The van der Waals surface area contributed by atoms with E-state index < -0.39 is 12.0 Å². The van der Waals surface area contributed by atoms with E-state index in [0.29, 0.717) is 18.0 Å². The van der Waals surface area contributed by atoms with Crippen LogP contribution in [0.25, 0.3) is 0 Å². The van der Waals surface area contributed by atoms with Crippen LogP contribution in [-0.2, 0) is 9.59 Å². The molecular weight excluding hydrogens is 292 g/mol. The molecule has 1 saturated heterocycles. The van der Waals surface area contributed by atoms with Crippen LogP contribution in [0.15, 0.2) is 24.3 Å². The molecule has 1 heterocycles. The number of halogens is 1. The molecule has 1 aromatic carbocycles. The first kappa shape index (κ1) is 15.8. The van der Waals surface area contributed by atoms with Crippen LogP contribution in [0.5, 0.6) is 0 Å². The highest BCUT2D eigenvalue weighted by Crippen LogP contribution is 2.22. The van der Waals surface area contributed by atoms with E-state index >= 15 is 0 Å². The van der Waals surface area contributed by atoms with Crippen molar-refractivity contribution >= 4 is 23.5 Å². The van der Waals surface area contributed by atoms with Gasteiger partial charge in [-0.15, -0.1) is 0 Å². The van der Waals surface area contributed by atoms with E-state index in [1.165, 1.54) is 0 Å². The van der Waals surface area contributed by atoms with Crippen LogP contribution < -0.4 is 5.32 Å². The molecule has 1 aliphatic rings. The van der Waals surface area contributed by atoms with Crippen molar-refractivity contribution in [3.05, 3.63) is 34.9 Å². The van der Waals surface area contributed by atoms with Crippen molar-refractivity contribution in [2.75, 3.05) is 13.1 Å². The lowest BCUT2D eigenvalue weighted by Gasteiger charge is -2.22. The van der Waals surface area contributed by atoms with Gasteiger partial charge in [0.2, 0.25) is 5.91 Å². The highest BCUT2D eigenvalue weighted by Gasteiger charge is 2.31. The lowest BCUT2D eigenvalue weighted by molar-refractivity contribution is -0.142. The SMILES string of the molecule is CC(NC(=O)CN1CCCC1C(=O)O)c1ccccc1Cl. The highest BCUT2D eigenvalue weighted by atomic mass is 35.5. The number of carbonyl (C=O) groups excluding carboxylic acids is 1. The zero-order valence-corrected chi connectivity index (χ0v) is 12.6. The van der Waals surface area contributed by atoms with Crippen molar-refractivity contribution < 1.29 is 14.7 Å². The number of rotatable bonds is 5. The lowest BCUT2D eigenvalue weighted by atomic mass is 10.1. The molecule has 1 aliphatic heterocycles. The van der Waals surface area contributed by atoms with Gasteiger partial charge >= 0.3 is 5.97 Å². The Morgan fingerprint density at radius 2 is 2.19 bits per heavy atom. The summed E-state index contributed by atoms with van der Waals surface area (Å²) in [6, 6.07) is 6.58. The number of aliphatic carboxylic acids is 1. The first-order chi connectivity index (χ1) is 9.99. The number of carboxylic acid groups (broad SMARTS) is 1. The van der Waals surface area contributed by atoms with Crippen molar-refractivity contribution in [2.45, 2.75) is 31.8 Å². The number of carboxylic acids is 1. The van der Waals surface area contributed by atoms with Crippen molar-refractivity contribution in [3.63, 3.8) is 0 Å².